The van der Waals surface area contributed by atoms with Gasteiger partial charge in [-0.3, -0.25) is 4.79 Å². The lowest BCUT2D eigenvalue weighted by Crippen LogP contribution is -2.48. The van der Waals surface area contributed by atoms with E-state index in [1.54, 1.807) is 7.11 Å². The van der Waals surface area contributed by atoms with E-state index in [0.29, 0.717) is 19.1 Å². The van der Waals surface area contributed by atoms with Gasteiger partial charge in [0.15, 0.2) is 0 Å². The van der Waals surface area contributed by atoms with Gasteiger partial charge in [-0.15, -0.1) is 0 Å². The van der Waals surface area contributed by atoms with Crippen LogP contribution in [-0.2, 0) is 9.53 Å². The van der Waals surface area contributed by atoms with Gasteiger partial charge in [-0.1, -0.05) is 6.92 Å². The fraction of sp³-hybridized carbons (Fsp3) is 0.562. The number of methoxy groups -OCH3 is 1. The van der Waals surface area contributed by atoms with Crippen molar-refractivity contribution in [2.45, 2.75) is 13.8 Å². The van der Waals surface area contributed by atoms with Gasteiger partial charge in [0.2, 0.25) is 5.91 Å². The highest BCUT2D eigenvalue weighted by Gasteiger charge is 2.28. The van der Waals surface area contributed by atoms with E-state index in [1.807, 2.05) is 32.0 Å². The summed E-state index contributed by atoms with van der Waals surface area (Å²) in [5.41, 5.74) is 1.84. The van der Waals surface area contributed by atoms with Crippen LogP contribution in [0.1, 0.15) is 12.5 Å². The number of amides is 1. The number of benzene rings is 1. The molecule has 1 aromatic rings. The Morgan fingerprint density at radius 3 is 2.76 bits per heavy atom. The first-order valence-corrected chi connectivity index (χ1v) is 7.35. The zero-order valence-electron chi connectivity index (χ0n) is 12.9. The monoisotopic (exact) mass is 292 g/mol. The molecule has 5 nitrogen and oxygen atoms in total. The molecule has 2 rings (SSSR count). The van der Waals surface area contributed by atoms with Crippen LogP contribution < -0.4 is 15.4 Å². The molecule has 1 aliphatic rings. The van der Waals surface area contributed by atoms with E-state index in [4.69, 9.17) is 9.47 Å². The number of rotatable bonds is 7. The summed E-state index contributed by atoms with van der Waals surface area (Å²) in [4.78, 5) is 12.2. The third-order valence-electron chi connectivity index (χ3n) is 3.95. The van der Waals surface area contributed by atoms with Crippen molar-refractivity contribution in [3.8, 4) is 5.75 Å². The molecule has 1 amide bonds. The maximum atomic E-state index is 12.2. The van der Waals surface area contributed by atoms with Gasteiger partial charge in [-0.05, 0) is 49.7 Å². The second-order valence-electron chi connectivity index (χ2n) is 5.51. The van der Waals surface area contributed by atoms with Crippen LogP contribution >= 0.6 is 0 Å². The molecule has 0 spiro atoms. The number of hydrogen-bond acceptors (Lipinski definition) is 4. The van der Waals surface area contributed by atoms with Gasteiger partial charge in [0.1, 0.15) is 12.4 Å². The molecule has 1 unspecified atom stereocenters. The SMILES string of the molecule is COCCOc1ccc(NC(=O)C(C)C2CNC2)c(C)c1. The van der Waals surface area contributed by atoms with E-state index in [2.05, 4.69) is 10.6 Å². The molecule has 1 aromatic carbocycles. The summed E-state index contributed by atoms with van der Waals surface area (Å²) in [6.45, 7) is 6.89. The molecule has 1 fully saturated rings. The number of nitrogens with one attached hydrogen (secondary N) is 2. The van der Waals surface area contributed by atoms with Crippen LogP contribution in [0.5, 0.6) is 5.75 Å². The summed E-state index contributed by atoms with van der Waals surface area (Å²) in [6.07, 6.45) is 0. The van der Waals surface area contributed by atoms with E-state index < -0.39 is 0 Å². The van der Waals surface area contributed by atoms with Crippen molar-refractivity contribution in [1.29, 1.82) is 0 Å². The predicted octanol–water partition coefficient (Wildman–Crippen LogP) is 1.81. The van der Waals surface area contributed by atoms with Gasteiger partial charge in [-0.2, -0.15) is 0 Å². The lowest BCUT2D eigenvalue weighted by atomic mass is 9.88. The standard InChI is InChI=1S/C16H24N2O3/c1-11-8-14(21-7-6-20-3)4-5-15(11)18-16(19)12(2)13-9-17-10-13/h4-5,8,12-13,17H,6-7,9-10H2,1-3H3,(H,18,19). The quantitative estimate of drug-likeness (QED) is 0.753. The predicted molar refractivity (Wildman–Crippen MR) is 82.7 cm³/mol. The molecule has 116 valence electrons. The van der Waals surface area contributed by atoms with E-state index in [-0.39, 0.29) is 11.8 Å². The third-order valence-corrected chi connectivity index (χ3v) is 3.95. The smallest absolute Gasteiger partial charge is 0.227 e. The van der Waals surface area contributed by atoms with Gasteiger partial charge in [0.05, 0.1) is 6.61 Å². The zero-order chi connectivity index (χ0) is 15.2. The van der Waals surface area contributed by atoms with Gasteiger partial charge in [-0.25, -0.2) is 0 Å². The van der Waals surface area contributed by atoms with Crippen molar-refractivity contribution in [2.24, 2.45) is 11.8 Å². The molecule has 1 heterocycles. The summed E-state index contributed by atoms with van der Waals surface area (Å²) >= 11 is 0. The van der Waals surface area contributed by atoms with Crippen LogP contribution in [0.3, 0.4) is 0 Å². The summed E-state index contributed by atoms with van der Waals surface area (Å²) in [5.74, 6) is 1.35. The molecule has 0 bridgehead atoms. The lowest BCUT2D eigenvalue weighted by Gasteiger charge is -2.31. The highest BCUT2D eigenvalue weighted by molar-refractivity contribution is 5.93. The summed E-state index contributed by atoms with van der Waals surface area (Å²) in [6, 6.07) is 5.69. The van der Waals surface area contributed by atoms with E-state index >= 15 is 0 Å². The van der Waals surface area contributed by atoms with Crippen LogP contribution in [0.2, 0.25) is 0 Å². The van der Waals surface area contributed by atoms with Gasteiger partial charge in [0, 0.05) is 18.7 Å². The highest BCUT2D eigenvalue weighted by atomic mass is 16.5. The third kappa shape index (κ3) is 4.19. The Morgan fingerprint density at radius 1 is 1.43 bits per heavy atom. The second-order valence-corrected chi connectivity index (χ2v) is 5.51. The molecule has 0 radical (unpaired) electrons. The van der Waals surface area contributed by atoms with Gasteiger partial charge >= 0.3 is 0 Å². The molecule has 1 aliphatic heterocycles. The van der Waals surface area contributed by atoms with Crippen molar-refractivity contribution in [3.63, 3.8) is 0 Å². The van der Waals surface area contributed by atoms with Crippen LogP contribution in [0.4, 0.5) is 5.69 Å². The Kier molecular flexibility index (Phi) is 5.59. The molecule has 0 aromatic heterocycles. The molecule has 21 heavy (non-hydrogen) atoms. The van der Waals surface area contributed by atoms with Crippen molar-refractivity contribution in [3.05, 3.63) is 23.8 Å². The number of ether oxygens (including phenoxy) is 2. The van der Waals surface area contributed by atoms with E-state index in [0.717, 1.165) is 30.1 Å². The van der Waals surface area contributed by atoms with Crippen molar-refractivity contribution >= 4 is 11.6 Å². The minimum absolute atomic E-state index is 0.0308. The first-order chi connectivity index (χ1) is 10.1. The first kappa shape index (κ1) is 15.8. The first-order valence-electron chi connectivity index (χ1n) is 7.35. The largest absolute Gasteiger partial charge is 0.491 e. The molecular formula is C16H24N2O3. The minimum atomic E-state index is 0.0308. The van der Waals surface area contributed by atoms with Crippen molar-refractivity contribution in [2.75, 3.05) is 38.7 Å². The van der Waals surface area contributed by atoms with Crippen LogP contribution in [-0.4, -0.2) is 39.3 Å². The number of aryl methyl sites for hydroxylation is 1. The number of carbonyl (C=O) groups excluding carboxylic acids is 1. The molecule has 2 N–H and O–H groups in total. The Morgan fingerprint density at radius 2 is 2.19 bits per heavy atom. The van der Waals surface area contributed by atoms with Crippen LogP contribution in [0.15, 0.2) is 18.2 Å². The normalized spacial score (nSPS) is 16.1. The van der Waals surface area contributed by atoms with Gasteiger partial charge < -0.3 is 20.1 Å². The summed E-state index contributed by atoms with van der Waals surface area (Å²) < 4.78 is 10.5. The van der Waals surface area contributed by atoms with Crippen LogP contribution in [0.25, 0.3) is 0 Å². The Labute approximate surface area is 126 Å². The second kappa shape index (κ2) is 7.43. The average molecular weight is 292 g/mol. The van der Waals surface area contributed by atoms with E-state index in [1.165, 1.54) is 0 Å². The molecule has 5 heteroatoms. The zero-order valence-corrected chi connectivity index (χ0v) is 12.9. The van der Waals surface area contributed by atoms with Crippen molar-refractivity contribution < 1.29 is 14.3 Å². The number of carbonyl (C=O) groups is 1. The highest BCUT2D eigenvalue weighted by Crippen LogP contribution is 2.23. The summed E-state index contributed by atoms with van der Waals surface area (Å²) in [7, 11) is 1.64. The topological polar surface area (TPSA) is 59.6 Å². The molecule has 1 atom stereocenters. The molecular weight excluding hydrogens is 268 g/mol. The Bertz CT molecular complexity index is 486. The number of hydrogen-bond donors (Lipinski definition) is 2. The molecule has 0 aliphatic carbocycles. The Balaban J connectivity index is 1.92. The fourth-order valence-electron chi connectivity index (χ4n) is 2.23. The molecule has 0 saturated carbocycles. The van der Waals surface area contributed by atoms with Crippen molar-refractivity contribution in [1.82, 2.24) is 5.32 Å². The molecule has 1 saturated heterocycles. The lowest BCUT2D eigenvalue weighted by molar-refractivity contribution is -0.121. The summed E-state index contributed by atoms with van der Waals surface area (Å²) in [5, 5.41) is 6.20. The fourth-order valence-corrected chi connectivity index (χ4v) is 2.23. The van der Waals surface area contributed by atoms with Crippen LogP contribution in [0, 0.1) is 18.8 Å². The average Bonchev–Trinajstić information content (AvgIpc) is 2.40. The Hall–Kier alpha value is -1.59. The van der Waals surface area contributed by atoms with E-state index in [9.17, 15) is 4.79 Å². The maximum absolute atomic E-state index is 12.2. The van der Waals surface area contributed by atoms with Gasteiger partial charge in [0.25, 0.3) is 0 Å². The number of anilines is 1. The minimum Gasteiger partial charge on any atom is -0.491 e. The maximum Gasteiger partial charge on any atom is 0.227 e.